The Hall–Kier alpha value is -0.670. The van der Waals surface area contributed by atoms with E-state index in [9.17, 15) is 8.78 Å². The normalized spacial score (nSPS) is 10.5. The second-order valence-corrected chi connectivity index (χ2v) is 3.18. The van der Waals surface area contributed by atoms with Gasteiger partial charge in [-0.3, -0.25) is 0 Å². The number of hydrogen-bond acceptors (Lipinski definition) is 1. The van der Waals surface area contributed by atoms with E-state index in [1.807, 2.05) is 0 Å². The fourth-order valence-electron chi connectivity index (χ4n) is 1.09. The van der Waals surface area contributed by atoms with E-state index in [1.54, 1.807) is 0 Å². The van der Waals surface area contributed by atoms with Gasteiger partial charge in [0.2, 0.25) is 0 Å². The highest BCUT2D eigenvalue weighted by Crippen LogP contribution is 2.19. The Kier molecular flexibility index (Phi) is 3.63. The molecule has 0 saturated carbocycles. The third-order valence-corrected chi connectivity index (χ3v) is 1.95. The molecule has 1 nitrogen and oxygen atoms in total. The summed E-state index contributed by atoms with van der Waals surface area (Å²) in [5.74, 6) is -1.20. The zero-order chi connectivity index (χ0) is 9.84. The minimum absolute atomic E-state index is 0.0647. The minimum Gasteiger partial charge on any atom is -0.330 e. The fraction of sp³-hybridized carbons (Fsp3) is 0.333. The van der Waals surface area contributed by atoms with E-state index in [0.717, 1.165) is 12.1 Å². The van der Waals surface area contributed by atoms with Crippen molar-refractivity contribution in [3.8, 4) is 0 Å². The van der Waals surface area contributed by atoms with E-state index >= 15 is 0 Å². The van der Waals surface area contributed by atoms with Crippen molar-refractivity contribution in [2.24, 2.45) is 5.73 Å². The molecule has 0 fully saturated rings. The maximum Gasteiger partial charge on any atom is 0.130 e. The Balaban J connectivity index is 2.92. The molecule has 0 spiro atoms. The van der Waals surface area contributed by atoms with Gasteiger partial charge in [-0.05, 0) is 31.5 Å². The van der Waals surface area contributed by atoms with Gasteiger partial charge in [-0.1, -0.05) is 11.6 Å². The first-order valence-corrected chi connectivity index (χ1v) is 4.36. The molecule has 13 heavy (non-hydrogen) atoms. The molecular weight excluding hydrogens is 196 g/mol. The predicted octanol–water partition coefficient (Wildman–Crippen LogP) is 2.51. The number of nitrogens with two attached hydrogens (primary N) is 1. The molecule has 0 aliphatic heterocycles. The Morgan fingerprint density at radius 1 is 1.23 bits per heavy atom. The quantitative estimate of drug-likeness (QED) is 0.806. The van der Waals surface area contributed by atoms with Crippen molar-refractivity contribution in [2.45, 2.75) is 12.8 Å². The molecule has 0 aliphatic carbocycles. The molecule has 1 aromatic rings. The largest absolute Gasteiger partial charge is 0.330 e. The summed E-state index contributed by atoms with van der Waals surface area (Å²) in [4.78, 5) is 0. The lowest BCUT2D eigenvalue weighted by atomic mass is 10.1. The van der Waals surface area contributed by atoms with Gasteiger partial charge in [-0.2, -0.15) is 0 Å². The fourth-order valence-corrected chi connectivity index (χ4v) is 1.28. The summed E-state index contributed by atoms with van der Waals surface area (Å²) in [7, 11) is 0. The third-order valence-electron chi connectivity index (χ3n) is 1.74. The lowest BCUT2D eigenvalue weighted by Gasteiger charge is -2.04. The second-order valence-electron chi connectivity index (χ2n) is 2.74. The summed E-state index contributed by atoms with van der Waals surface area (Å²) in [6.45, 7) is 0.418. The van der Waals surface area contributed by atoms with E-state index in [1.165, 1.54) is 0 Å². The van der Waals surface area contributed by atoms with E-state index in [-0.39, 0.29) is 10.6 Å². The molecule has 4 heteroatoms. The van der Waals surface area contributed by atoms with E-state index in [2.05, 4.69) is 0 Å². The molecule has 2 N–H and O–H groups in total. The van der Waals surface area contributed by atoms with E-state index in [0.29, 0.717) is 19.4 Å². The van der Waals surface area contributed by atoms with Crippen molar-refractivity contribution in [1.29, 1.82) is 0 Å². The summed E-state index contributed by atoms with van der Waals surface area (Å²) in [6, 6.07) is 2.22. The van der Waals surface area contributed by atoms with Crippen LogP contribution in [0, 0.1) is 11.6 Å². The summed E-state index contributed by atoms with van der Waals surface area (Å²) in [5, 5.41) is 0.0755. The smallest absolute Gasteiger partial charge is 0.130 e. The van der Waals surface area contributed by atoms with Gasteiger partial charge in [0, 0.05) is 10.6 Å². The van der Waals surface area contributed by atoms with Crippen LogP contribution < -0.4 is 5.73 Å². The van der Waals surface area contributed by atoms with Crippen molar-refractivity contribution >= 4 is 11.6 Å². The zero-order valence-electron chi connectivity index (χ0n) is 6.99. The van der Waals surface area contributed by atoms with Gasteiger partial charge in [0.15, 0.2) is 0 Å². The van der Waals surface area contributed by atoms with Gasteiger partial charge in [0.25, 0.3) is 0 Å². The molecule has 72 valence electrons. The molecule has 0 radical (unpaired) electrons. The third kappa shape index (κ3) is 2.64. The van der Waals surface area contributed by atoms with Crippen LogP contribution in [0.4, 0.5) is 8.78 Å². The average Bonchev–Trinajstić information content (AvgIpc) is 2.02. The minimum atomic E-state index is -0.599. The monoisotopic (exact) mass is 205 g/mol. The highest BCUT2D eigenvalue weighted by Gasteiger charge is 2.09. The Labute approximate surface area is 80.5 Å². The molecule has 0 saturated heterocycles. The average molecular weight is 206 g/mol. The number of rotatable bonds is 3. The van der Waals surface area contributed by atoms with Crippen LogP contribution in [-0.2, 0) is 6.42 Å². The van der Waals surface area contributed by atoms with Crippen molar-refractivity contribution in [3.63, 3.8) is 0 Å². The van der Waals surface area contributed by atoms with Crippen molar-refractivity contribution in [2.75, 3.05) is 6.54 Å². The number of benzene rings is 1. The Morgan fingerprint density at radius 2 is 1.77 bits per heavy atom. The zero-order valence-corrected chi connectivity index (χ0v) is 7.74. The first kappa shape index (κ1) is 10.4. The van der Waals surface area contributed by atoms with Gasteiger partial charge in [-0.25, -0.2) is 8.78 Å². The van der Waals surface area contributed by atoms with E-state index in [4.69, 9.17) is 17.3 Å². The van der Waals surface area contributed by atoms with Crippen molar-refractivity contribution < 1.29 is 8.78 Å². The molecule has 0 amide bonds. The van der Waals surface area contributed by atoms with Crippen LogP contribution in [-0.4, -0.2) is 6.54 Å². The Bertz CT molecular complexity index is 279. The van der Waals surface area contributed by atoms with Crippen molar-refractivity contribution in [1.82, 2.24) is 0 Å². The Morgan fingerprint density at radius 3 is 2.23 bits per heavy atom. The van der Waals surface area contributed by atoms with Crippen LogP contribution in [0.25, 0.3) is 0 Å². The van der Waals surface area contributed by atoms with Crippen LogP contribution in [0.2, 0.25) is 5.02 Å². The summed E-state index contributed by atoms with van der Waals surface area (Å²) < 4.78 is 26.1. The van der Waals surface area contributed by atoms with Crippen molar-refractivity contribution in [3.05, 3.63) is 34.4 Å². The molecule has 1 aromatic carbocycles. The van der Waals surface area contributed by atoms with Gasteiger partial charge < -0.3 is 5.73 Å². The molecule has 0 heterocycles. The maximum absolute atomic E-state index is 13.1. The highest BCUT2D eigenvalue weighted by molar-refractivity contribution is 6.30. The molecule has 0 unspecified atom stereocenters. The lowest BCUT2D eigenvalue weighted by Crippen LogP contribution is -2.03. The van der Waals surface area contributed by atoms with Gasteiger partial charge in [0.1, 0.15) is 11.6 Å². The van der Waals surface area contributed by atoms with Crippen LogP contribution >= 0.6 is 11.6 Å². The van der Waals surface area contributed by atoms with Gasteiger partial charge in [-0.15, -0.1) is 0 Å². The highest BCUT2D eigenvalue weighted by atomic mass is 35.5. The molecule has 0 aromatic heterocycles. The standard InChI is InChI=1S/C9H10ClF2N/c10-6-4-8(11)7(2-1-3-13)9(12)5-6/h4-5H,1-3,13H2. The first-order chi connectivity index (χ1) is 6.15. The summed E-state index contributed by atoms with van der Waals surface area (Å²) in [5.41, 5.74) is 5.30. The lowest BCUT2D eigenvalue weighted by molar-refractivity contribution is 0.551. The van der Waals surface area contributed by atoms with Crippen LogP contribution in [0.5, 0.6) is 0 Å². The number of halogens is 3. The second kappa shape index (κ2) is 4.53. The molecular formula is C9H10ClF2N. The maximum atomic E-state index is 13.1. The molecule has 0 bridgehead atoms. The SMILES string of the molecule is NCCCc1c(F)cc(Cl)cc1F. The first-order valence-electron chi connectivity index (χ1n) is 3.98. The number of hydrogen-bond donors (Lipinski definition) is 1. The topological polar surface area (TPSA) is 26.0 Å². The molecule has 0 aliphatic rings. The van der Waals surface area contributed by atoms with E-state index < -0.39 is 11.6 Å². The summed E-state index contributed by atoms with van der Waals surface area (Å²) >= 11 is 5.45. The van der Waals surface area contributed by atoms with Crippen LogP contribution in [0.3, 0.4) is 0 Å². The van der Waals surface area contributed by atoms with Gasteiger partial charge >= 0.3 is 0 Å². The predicted molar refractivity (Wildman–Crippen MR) is 48.7 cm³/mol. The van der Waals surface area contributed by atoms with Crippen LogP contribution in [0.15, 0.2) is 12.1 Å². The molecule has 0 atom stereocenters. The van der Waals surface area contributed by atoms with Gasteiger partial charge in [0.05, 0.1) is 0 Å². The molecule has 1 rings (SSSR count). The van der Waals surface area contributed by atoms with Crippen LogP contribution in [0.1, 0.15) is 12.0 Å². The summed E-state index contributed by atoms with van der Waals surface area (Å²) in [6.07, 6.45) is 0.876.